The summed E-state index contributed by atoms with van der Waals surface area (Å²) < 4.78 is 66.5. The molecule has 2 atom stereocenters. The van der Waals surface area contributed by atoms with Crippen LogP contribution >= 0.6 is 0 Å². The SMILES string of the molecule is O=C(c1c(F)cc(F)cc1F)C1N=C(c2ccc(F)cc2)CC1c1cccc2c1OCO2. The molecular weight excluding hydrogens is 426 g/mol. The highest BCUT2D eigenvalue weighted by atomic mass is 19.1. The van der Waals surface area contributed by atoms with Gasteiger partial charge < -0.3 is 9.47 Å². The van der Waals surface area contributed by atoms with Crippen molar-refractivity contribution < 1.29 is 31.8 Å². The van der Waals surface area contributed by atoms with E-state index in [0.29, 0.717) is 40.5 Å². The van der Waals surface area contributed by atoms with E-state index in [4.69, 9.17) is 9.47 Å². The van der Waals surface area contributed by atoms with Gasteiger partial charge in [-0.3, -0.25) is 9.79 Å². The Bertz CT molecular complexity index is 1230. The van der Waals surface area contributed by atoms with Crippen molar-refractivity contribution in [1.82, 2.24) is 0 Å². The number of nitrogens with zero attached hydrogens (tertiary/aromatic N) is 1. The minimum Gasteiger partial charge on any atom is -0.454 e. The first-order valence-corrected chi connectivity index (χ1v) is 9.82. The fourth-order valence-electron chi connectivity index (χ4n) is 4.16. The maximum absolute atomic E-state index is 14.4. The molecule has 5 rings (SSSR count). The summed E-state index contributed by atoms with van der Waals surface area (Å²) in [6.07, 6.45) is 0.242. The highest BCUT2D eigenvalue weighted by Crippen LogP contribution is 2.45. The highest BCUT2D eigenvalue weighted by molar-refractivity contribution is 6.09. The summed E-state index contributed by atoms with van der Waals surface area (Å²) in [7, 11) is 0. The number of aliphatic imine (C=N–C) groups is 1. The molecule has 0 fully saturated rings. The topological polar surface area (TPSA) is 47.9 Å². The van der Waals surface area contributed by atoms with Gasteiger partial charge in [0.1, 0.15) is 29.3 Å². The van der Waals surface area contributed by atoms with Gasteiger partial charge in [0, 0.05) is 29.3 Å². The van der Waals surface area contributed by atoms with Gasteiger partial charge in [-0.1, -0.05) is 24.3 Å². The Morgan fingerprint density at radius 1 is 0.906 bits per heavy atom. The van der Waals surface area contributed by atoms with E-state index >= 15 is 0 Å². The van der Waals surface area contributed by atoms with Crippen LogP contribution in [-0.2, 0) is 0 Å². The van der Waals surface area contributed by atoms with E-state index in [1.165, 1.54) is 24.3 Å². The monoisotopic (exact) mass is 441 g/mol. The van der Waals surface area contributed by atoms with Crippen molar-refractivity contribution >= 4 is 11.5 Å². The maximum Gasteiger partial charge on any atom is 0.231 e. The predicted molar refractivity (Wildman–Crippen MR) is 107 cm³/mol. The first kappa shape index (κ1) is 20.2. The number of carbonyl (C=O) groups excluding carboxylic acids is 1. The summed E-state index contributed by atoms with van der Waals surface area (Å²) in [6.45, 7) is 0.00454. The predicted octanol–water partition coefficient (Wildman–Crippen LogP) is 5.20. The van der Waals surface area contributed by atoms with E-state index in [1.807, 2.05) is 0 Å². The zero-order chi connectivity index (χ0) is 22.4. The van der Waals surface area contributed by atoms with Gasteiger partial charge >= 0.3 is 0 Å². The number of benzene rings is 3. The number of rotatable bonds is 4. The quantitative estimate of drug-likeness (QED) is 0.413. The minimum atomic E-state index is -1.30. The highest BCUT2D eigenvalue weighted by Gasteiger charge is 2.41. The second-order valence-electron chi connectivity index (χ2n) is 7.53. The average Bonchev–Trinajstić information content (AvgIpc) is 3.40. The molecule has 3 aromatic rings. The largest absolute Gasteiger partial charge is 0.454 e. The number of hydrogen-bond donors (Lipinski definition) is 0. The maximum atomic E-state index is 14.4. The Labute approximate surface area is 180 Å². The van der Waals surface area contributed by atoms with Crippen molar-refractivity contribution in [3.8, 4) is 11.5 Å². The third-order valence-electron chi connectivity index (χ3n) is 5.62. The van der Waals surface area contributed by atoms with Gasteiger partial charge in [-0.05, 0) is 30.2 Å². The van der Waals surface area contributed by atoms with E-state index in [1.54, 1.807) is 18.2 Å². The Morgan fingerprint density at radius 2 is 1.62 bits per heavy atom. The van der Waals surface area contributed by atoms with Gasteiger partial charge in [0.25, 0.3) is 0 Å². The normalized spacial score (nSPS) is 19.2. The summed E-state index contributed by atoms with van der Waals surface area (Å²) in [5.74, 6) is -4.76. The zero-order valence-corrected chi connectivity index (χ0v) is 16.4. The standard InChI is InChI=1S/C24H15F4NO3/c25-13-6-4-12(5-7-13)19-10-16(15-2-1-3-20-24(15)32-11-31-20)22(29-19)23(30)21-17(27)8-14(26)9-18(21)28/h1-9,16,22H,10-11H2. The molecule has 0 spiro atoms. The van der Waals surface area contributed by atoms with E-state index in [0.717, 1.165) is 0 Å². The molecule has 162 valence electrons. The zero-order valence-electron chi connectivity index (χ0n) is 16.4. The lowest BCUT2D eigenvalue weighted by molar-refractivity contribution is 0.0946. The van der Waals surface area contributed by atoms with Crippen molar-refractivity contribution in [1.29, 1.82) is 0 Å². The number of fused-ring (bicyclic) bond motifs is 1. The number of halogens is 4. The molecular formula is C24H15F4NO3. The smallest absolute Gasteiger partial charge is 0.231 e. The lowest BCUT2D eigenvalue weighted by atomic mass is 9.84. The van der Waals surface area contributed by atoms with Gasteiger partial charge in [0.05, 0.1) is 5.56 Å². The molecule has 2 aliphatic heterocycles. The Balaban J connectivity index is 1.61. The number of ketones is 1. The minimum absolute atomic E-state index is 0.00454. The van der Waals surface area contributed by atoms with Gasteiger partial charge in [-0.2, -0.15) is 0 Å². The Hall–Kier alpha value is -3.68. The molecule has 0 amide bonds. The third kappa shape index (κ3) is 3.41. The van der Waals surface area contributed by atoms with Crippen LogP contribution in [0.15, 0.2) is 59.6 Å². The molecule has 0 aliphatic carbocycles. The van der Waals surface area contributed by atoms with Crippen LogP contribution in [0.25, 0.3) is 0 Å². The summed E-state index contributed by atoms with van der Waals surface area (Å²) >= 11 is 0. The molecule has 8 heteroatoms. The van der Waals surface area contributed by atoms with E-state index < -0.39 is 46.6 Å². The second-order valence-corrected chi connectivity index (χ2v) is 7.53. The number of ether oxygens (including phenoxy) is 2. The van der Waals surface area contributed by atoms with Crippen LogP contribution in [0.1, 0.15) is 33.8 Å². The van der Waals surface area contributed by atoms with Crippen molar-refractivity contribution in [2.45, 2.75) is 18.4 Å². The first-order chi connectivity index (χ1) is 15.4. The van der Waals surface area contributed by atoms with Crippen LogP contribution < -0.4 is 9.47 Å². The number of Topliss-reactive ketones (excluding diaryl/α,β-unsaturated/α-hetero) is 1. The first-order valence-electron chi connectivity index (χ1n) is 9.82. The molecule has 2 heterocycles. The number of hydrogen-bond acceptors (Lipinski definition) is 4. The molecule has 0 saturated heterocycles. The van der Waals surface area contributed by atoms with Crippen LogP contribution in [0.5, 0.6) is 11.5 Å². The second kappa shape index (κ2) is 7.78. The molecule has 0 aromatic heterocycles. The van der Waals surface area contributed by atoms with E-state index in [9.17, 15) is 22.4 Å². The van der Waals surface area contributed by atoms with Crippen molar-refractivity contribution in [2.75, 3.05) is 6.79 Å². The molecule has 2 aliphatic rings. The summed E-state index contributed by atoms with van der Waals surface area (Å²) in [6, 6.07) is 10.5. The van der Waals surface area contributed by atoms with Crippen molar-refractivity contribution in [2.24, 2.45) is 4.99 Å². The molecule has 32 heavy (non-hydrogen) atoms. The lowest BCUT2D eigenvalue weighted by Gasteiger charge is -2.19. The molecule has 0 radical (unpaired) electrons. The van der Waals surface area contributed by atoms with Crippen LogP contribution in [-0.4, -0.2) is 24.3 Å². The van der Waals surface area contributed by atoms with E-state index in [2.05, 4.69) is 4.99 Å². The van der Waals surface area contributed by atoms with Gasteiger partial charge in [-0.25, -0.2) is 17.6 Å². The van der Waals surface area contributed by atoms with Gasteiger partial charge in [-0.15, -0.1) is 0 Å². The van der Waals surface area contributed by atoms with Crippen LogP contribution in [0.3, 0.4) is 0 Å². The summed E-state index contributed by atoms with van der Waals surface area (Å²) in [5, 5.41) is 0. The lowest BCUT2D eigenvalue weighted by Crippen LogP contribution is -2.25. The van der Waals surface area contributed by atoms with E-state index in [-0.39, 0.29) is 13.2 Å². The van der Waals surface area contributed by atoms with Crippen molar-refractivity contribution in [3.05, 3.63) is 94.6 Å². The third-order valence-corrected chi connectivity index (χ3v) is 5.62. The molecule has 0 bridgehead atoms. The van der Waals surface area contributed by atoms with Crippen LogP contribution in [0, 0.1) is 23.3 Å². The van der Waals surface area contributed by atoms with Gasteiger partial charge in [0.15, 0.2) is 17.3 Å². The Kier molecular flexibility index (Phi) is 4.92. The van der Waals surface area contributed by atoms with Crippen LogP contribution in [0.4, 0.5) is 17.6 Å². The van der Waals surface area contributed by atoms with Crippen LogP contribution in [0.2, 0.25) is 0 Å². The van der Waals surface area contributed by atoms with Crippen molar-refractivity contribution in [3.63, 3.8) is 0 Å². The molecule has 0 N–H and O–H groups in total. The summed E-state index contributed by atoms with van der Waals surface area (Å²) in [4.78, 5) is 17.7. The van der Waals surface area contributed by atoms with Gasteiger partial charge in [0.2, 0.25) is 6.79 Å². The Morgan fingerprint density at radius 3 is 2.34 bits per heavy atom. The molecule has 0 saturated carbocycles. The molecule has 3 aromatic carbocycles. The number of carbonyl (C=O) groups is 1. The number of para-hydroxylation sites is 1. The molecule has 4 nitrogen and oxygen atoms in total. The molecule has 2 unspecified atom stereocenters. The summed E-state index contributed by atoms with van der Waals surface area (Å²) in [5.41, 5.74) is 0.807. The fraction of sp³-hybridized carbons (Fsp3) is 0.167. The average molecular weight is 441 g/mol. The fourth-order valence-corrected chi connectivity index (χ4v) is 4.16.